The second kappa shape index (κ2) is 5.89. The highest BCUT2D eigenvalue weighted by Gasteiger charge is 2.09. The highest BCUT2D eigenvalue weighted by Crippen LogP contribution is 2.08. The summed E-state index contributed by atoms with van der Waals surface area (Å²) < 4.78 is 10.5. The fourth-order valence-corrected chi connectivity index (χ4v) is 1.76. The zero-order chi connectivity index (χ0) is 11.2. The molecule has 2 rings (SSSR count). The minimum absolute atomic E-state index is 0.477. The van der Waals surface area contributed by atoms with E-state index < -0.39 is 0 Å². The molecule has 5 heteroatoms. The molecule has 0 aliphatic carbocycles. The molecule has 3 N–H and O–H groups in total. The quantitative estimate of drug-likeness (QED) is 0.705. The first-order chi connectivity index (χ1) is 7.84. The second-order valence-corrected chi connectivity index (χ2v) is 3.93. The van der Waals surface area contributed by atoms with Crippen LogP contribution in [0, 0.1) is 0 Å². The number of nitrogen functional groups attached to an aromatic ring is 1. The minimum Gasteiger partial charge on any atom is -0.445 e. The third-order valence-electron chi connectivity index (χ3n) is 2.69. The van der Waals surface area contributed by atoms with E-state index in [1.54, 1.807) is 6.07 Å². The summed E-state index contributed by atoms with van der Waals surface area (Å²) in [6, 6.07) is 3.68. The molecule has 0 saturated carbocycles. The molecule has 16 heavy (non-hydrogen) atoms. The first-order valence-corrected chi connectivity index (χ1v) is 5.69. The van der Waals surface area contributed by atoms with E-state index in [0.717, 1.165) is 51.7 Å². The van der Waals surface area contributed by atoms with Gasteiger partial charge >= 0.3 is 0 Å². The molecule has 0 amide bonds. The van der Waals surface area contributed by atoms with Crippen LogP contribution in [0.3, 0.4) is 0 Å². The van der Waals surface area contributed by atoms with Crippen molar-refractivity contribution in [2.45, 2.75) is 6.54 Å². The van der Waals surface area contributed by atoms with E-state index in [2.05, 4.69) is 10.2 Å². The summed E-state index contributed by atoms with van der Waals surface area (Å²) in [5.41, 5.74) is 5.48. The van der Waals surface area contributed by atoms with Crippen LogP contribution in [0.25, 0.3) is 0 Å². The molecule has 1 saturated heterocycles. The summed E-state index contributed by atoms with van der Waals surface area (Å²) in [6.07, 6.45) is 0. The third kappa shape index (κ3) is 3.52. The number of morpholine rings is 1. The van der Waals surface area contributed by atoms with Crippen molar-refractivity contribution in [2.24, 2.45) is 0 Å². The molecule has 0 unspecified atom stereocenters. The Labute approximate surface area is 95.5 Å². The molecule has 0 atom stereocenters. The van der Waals surface area contributed by atoms with Crippen LogP contribution in [0.4, 0.5) is 5.88 Å². The number of nitrogens with one attached hydrogen (secondary N) is 1. The number of ether oxygens (including phenoxy) is 1. The molecule has 2 heterocycles. The predicted molar refractivity (Wildman–Crippen MR) is 62.1 cm³/mol. The normalized spacial score (nSPS) is 17.8. The van der Waals surface area contributed by atoms with E-state index in [-0.39, 0.29) is 0 Å². The molecule has 0 spiro atoms. The Hall–Kier alpha value is -1.04. The number of hydrogen-bond acceptors (Lipinski definition) is 5. The predicted octanol–water partition coefficient (Wildman–Crippen LogP) is 0.284. The Kier molecular flexibility index (Phi) is 4.21. The van der Waals surface area contributed by atoms with Crippen LogP contribution in [0.5, 0.6) is 0 Å². The minimum atomic E-state index is 0.477. The zero-order valence-corrected chi connectivity index (χ0v) is 9.45. The molecule has 1 aliphatic heterocycles. The van der Waals surface area contributed by atoms with Crippen LogP contribution >= 0.6 is 0 Å². The molecule has 1 aliphatic rings. The van der Waals surface area contributed by atoms with E-state index in [9.17, 15) is 0 Å². The third-order valence-corrected chi connectivity index (χ3v) is 2.69. The van der Waals surface area contributed by atoms with Gasteiger partial charge in [-0.1, -0.05) is 0 Å². The van der Waals surface area contributed by atoms with Gasteiger partial charge in [-0.2, -0.15) is 0 Å². The highest BCUT2D eigenvalue weighted by atomic mass is 16.5. The van der Waals surface area contributed by atoms with Gasteiger partial charge in [-0.25, -0.2) is 0 Å². The maximum Gasteiger partial charge on any atom is 0.190 e. The van der Waals surface area contributed by atoms with E-state index in [4.69, 9.17) is 14.9 Å². The van der Waals surface area contributed by atoms with Crippen molar-refractivity contribution in [1.29, 1.82) is 0 Å². The Morgan fingerprint density at radius 3 is 2.81 bits per heavy atom. The van der Waals surface area contributed by atoms with Crippen molar-refractivity contribution in [1.82, 2.24) is 10.2 Å². The molecule has 0 radical (unpaired) electrons. The summed E-state index contributed by atoms with van der Waals surface area (Å²) in [5, 5.41) is 3.33. The van der Waals surface area contributed by atoms with Crippen molar-refractivity contribution < 1.29 is 9.15 Å². The molecule has 0 aromatic carbocycles. The average molecular weight is 225 g/mol. The monoisotopic (exact) mass is 225 g/mol. The fraction of sp³-hybridized carbons (Fsp3) is 0.636. The van der Waals surface area contributed by atoms with E-state index in [1.807, 2.05) is 6.07 Å². The Balaban J connectivity index is 1.57. The largest absolute Gasteiger partial charge is 0.445 e. The number of nitrogens with zero attached hydrogens (tertiary/aromatic N) is 1. The first-order valence-electron chi connectivity index (χ1n) is 5.69. The zero-order valence-electron chi connectivity index (χ0n) is 9.45. The van der Waals surface area contributed by atoms with Crippen molar-refractivity contribution in [3.8, 4) is 0 Å². The number of hydrogen-bond donors (Lipinski definition) is 2. The van der Waals surface area contributed by atoms with Crippen molar-refractivity contribution >= 4 is 5.88 Å². The summed E-state index contributed by atoms with van der Waals surface area (Å²) in [7, 11) is 0. The van der Waals surface area contributed by atoms with Gasteiger partial charge in [0.15, 0.2) is 5.88 Å². The molecule has 0 bridgehead atoms. The molecule has 90 valence electrons. The topological polar surface area (TPSA) is 63.7 Å². The number of rotatable bonds is 5. The number of nitrogens with two attached hydrogens (primary N) is 1. The van der Waals surface area contributed by atoms with Gasteiger partial charge in [0, 0.05) is 32.2 Å². The van der Waals surface area contributed by atoms with Crippen LogP contribution in [0.1, 0.15) is 5.76 Å². The fourth-order valence-electron chi connectivity index (χ4n) is 1.76. The number of anilines is 1. The van der Waals surface area contributed by atoms with Crippen molar-refractivity contribution in [2.75, 3.05) is 45.1 Å². The van der Waals surface area contributed by atoms with Gasteiger partial charge in [0.1, 0.15) is 5.76 Å². The average Bonchev–Trinajstić information content (AvgIpc) is 2.72. The van der Waals surface area contributed by atoms with Gasteiger partial charge in [-0.05, 0) is 6.07 Å². The Morgan fingerprint density at radius 1 is 1.31 bits per heavy atom. The van der Waals surface area contributed by atoms with Crippen LogP contribution in [-0.4, -0.2) is 44.3 Å². The van der Waals surface area contributed by atoms with Gasteiger partial charge in [-0.15, -0.1) is 0 Å². The lowest BCUT2D eigenvalue weighted by Gasteiger charge is -2.26. The lowest BCUT2D eigenvalue weighted by Crippen LogP contribution is -2.40. The molecule has 1 fully saturated rings. The Morgan fingerprint density at radius 2 is 2.12 bits per heavy atom. The van der Waals surface area contributed by atoms with Gasteiger partial charge in [0.2, 0.25) is 0 Å². The van der Waals surface area contributed by atoms with Gasteiger partial charge < -0.3 is 20.2 Å². The molecule has 1 aromatic heterocycles. The molecular formula is C11H19N3O2. The summed E-state index contributed by atoms with van der Waals surface area (Å²) >= 11 is 0. The van der Waals surface area contributed by atoms with E-state index in [0.29, 0.717) is 5.88 Å². The molecule has 5 nitrogen and oxygen atoms in total. The maximum atomic E-state index is 5.48. The summed E-state index contributed by atoms with van der Waals surface area (Å²) in [6.45, 7) is 6.54. The standard InChI is InChI=1S/C11H19N3O2/c12-11-2-1-10(16-11)9-13-3-4-14-5-7-15-8-6-14/h1-2,13H,3-9,12H2. The van der Waals surface area contributed by atoms with E-state index in [1.165, 1.54) is 0 Å². The lowest BCUT2D eigenvalue weighted by molar-refractivity contribution is 0.0383. The van der Waals surface area contributed by atoms with Crippen LogP contribution < -0.4 is 11.1 Å². The van der Waals surface area contributed by atoms with E-state index >= 15 is 0 Å². The number of furan rings is 1. The maximum absolute atomic E-state index is 5.48. The summed E-state index contributed by atoms with van der Waals surface area (Å²) in [4.78, 5) is 2.40. The second-order valence-electron chi connectivity index (χ2n) is 3.93. The SMILES string of the molecule is Nc1ccc(CNCCN2CCOCC2)o1. The van der Waals surface area contributed by atoms with Gasteiger partial charge in [0.05, 0.1) is 19.8 Å². The van der Waals surface area contributed by atoms with Crippen molar-refractivity contribution in [3.05, 3.63) is 17.9 Å². The lowest BCUT2D eigenvalue weighted by atomic mass is 10.4. The summed E-state index contributed by atoms with van der Waals surface area (Å²) in [5.74, 6) is 1.37. The van der Waals surface area contributed by atoms with Gasteiger partial charge in [0.25, 0.3) is 0 Å². The van der Waals surface area contributed by atoms with Crippen molar-refractivity contribution in [3.63, 3.8) is 0 Å². The molecular weight excluding hydrogens is 206 g/mol. The van der Waals surface area contributed by atoms with Crippen LogP contribution in [-0.2, 0) is 11.3 Å². The van der Waals surface area contributed by atoms with Gasteiger partial charge in [-0.3, -0.25) is 4.90 Å². The molecule has 1 aromatic rings. The van der Waals surface area contributed by atoms with Crippen LogP contribution in [0.2, 0.25) is 0 Å². The highest BCUT2D eigenvalue weighted by molar-refractivity contribution is 5.25. The van der Waals surface area contributed by atoms with Crippen LogP contribution in [0.15, 0.2) is 16.5 Å². The first kappa shape index (κ1) is 11.4. The Bertz CT molecular complexity index is 308. The smallest absolute Gasteiger partial charge is 0.190 e.